The van der Waals surface area contributed by atoms with Gasteiger partial charge in [0.05, 0.1) is 18.6 Å². The third-order valence-corrected chi connectivity index (χ3v) is 3.83. The van der Waals surface area contributed by atoms with Crippen LogP contribution in [0.3, 0.4) is 0 Å². The van der Waals surface area contributed by atoms with Crippen LogP contribution in [-0.4, -0.2) is 42.9 Å². The van der Waals surface area contributed by atoms with Crippen molar-refractivity contribution in [3.8, 4) is 0 Å². The molecule has 0 aromatic heterocycles. The molecular formula is C14H26N2O4. The first kappa shape index (κ1) is 16.8. The Morgan fingerprint density at radius 2 is 2.05 bits per heavy atom. The maximum atomic E-state index is 12.0. The molecule has 0 radical (unpaired) electrons. The zero-order chi connectivity index (χ0) is 15.1. The Balaban J connectivity index is 2.42. The van der Waals surface area contributed by atoms with Gasteiger partial charge >= 0.3 is 12.0 Å². The summed E-state index contributed by atoms with van der Waals surface area (Å²) in [5.41, 5.74) is 0. The molecule has 1 aliphatic rings. The first-order chi connectivity index (χ1) is 9.43. The molecule has 116 valence electrons. The number of hydrogen-bond acceptors (Lipinski definition) is 3. The Labute approximate surface area is 120 Å². The molecule has 1 fully saturated rings. The van der Waals surface area contributed by atoms with Gasteiger partial charge < -0.3 is 20.5 Å². The summed E-state index contributed by atoms with van der Waals surface area (Å²) >= 11 is 0. The highest BCUT2D eigenvalue weighted by Gasteiger charge is 2.28. The van der Waals surface area contributed by atoms with E-state index in [0.29, 0.717) is 19.4 Å². The van der Waals surface area contributed by atoms with Crippen LogP contribution in [0.2, 0.25) is 0 Å². The van der Waals surface area contributed by atoms with E-state index in [2.05, 4.69) is 10.6 Å². The molecule has 1 rings (SSSR count). The quantitative estimate of drug-likeness (QED) is 0.692. The number of aliphatic carboxylic acids is 1. The van der Waals surface area contributed by atoms with Gasteiger partial charge in [0.25, 0.3) is 0 Å². The topological polar surface area (TPSA) is 87.7 Å². The van der Waals surface area contributed by atoms with Gasteiger partial charge in [-0.1, -0.05) is 20.3 Å². The van der Waals surface area contributed by atoms with Gasteiger partial charge in [0.1, 0.15) is 0 Å². The van der Waals surface area contributed by atoms with E-state index in [1.807, 2.05) is 13.8 Å². The van der Waals surface area contributed by atoms with E-state index in [9.17, 15) is 9.59 Å². The third kappa shape index (κ3) is 5.36. The second-order valence-electron chi connectivity index (χ2n) is 5.82. The van der Waals surface area contributed by atoms with Gasteiger partial charge in [-0.15, -0.1) is 0 Å². The maximum Gasteiger partial charge on any atom is 0.315 e. The Hall–Kier alpha value is -1.30. The number of amides is 2. The molecule has 20 heavy (non-hydrogen) atoms. The highest BCUT2D eigenvalue weighted by molar-refractivity contribution is 5.75. The van der Waals surface area contributed by atoms with Crippen LogP contribution in [0.25, 0.3) is 0 Å². The molecule has 0 aromatic rings. The number of ether oxygens (including phenoxy) is 1. The average Bonchev–Trinajstić information content (AvgIpc) is 2.38. The van der Waals surface area contributed by atoms with Crippen molar-refractivity contribution in [1.29, 1.82) is 0 Å². The fourth-order valence-corrected chi connectivity index (χ4v) is 2.52. The zero-order valence-electron chi connectivity index (χ0n) is 12.5. The van der Waals surface area contributed by atoms with Crippen LogP contribution in [0.15, 0.2) is 0 Å². The van der Waals surface area contributed by atoms with Gasteiger partial charge in [-0.3, -0.25) is 4.79 Å². The molecule has 2 amide bonds. The van der Waals surface area contributed by atoms with E-state index >= 15 is 0 Å². The van der Waals surface area contributed by atoms with E-state index in [-0.39, 0.29) is 30.0 Å². The fourth-order valence-electron chi connectivity index (χ4n) is 2.52. The number of urea groups is 1. The van der Waals surface area contributed by atoms with Gasteiger partial charge in [-0.05, 0) is 25.2 Å². The summed E-state index contributed by atoms with van der Waals surface area (Å²) in [7, 11) is 1.60. The predicted molar refractivity (Wildman–Crippen MR) is 75.6 cm³/mol. The smallest absolute Gasteiger partial charge is 0.315 e. The minimum Gasteiger partial charge on any atom is -0.481 e. The summed E-state index contributed by atoms with van der Waals surface area (Å²) in [5.74, 6) is -0.830. The minimum absolute atomic E-state index is 0.0427. The maximum absolute atomic E-state index is 12.0. The Kier molecular flexibility index (Phi) is 6.78. The summed E-state index contributed by atoms with van der Waals surface area (Å²) in [4.78, 5) is 22.9. The standard InChI is InChI=1S/C14H26N2O4/c1-9(2)12(8-20-3)16-14(19)15-11-6-4-5-10(7-11)13(17)18/h9-12H,4-8H2,1-3H3,(H,17,18)(H2,15,16,19). The highest BCUT2D eigenvalue weighted by atomic mass is 16.5. The second kappa shape index (κ2) is 8.09. The van der Waals surface area contributed by atoms with Gasteiger partial charge in [-0.25, -0.2) is 4.79 Å². The lowest BCUT2D eigenvalue weighted by atomic mass is 9.86. The van der Waals surface area contributed by atoms with E-state index in [0.717, 1.165) is 12.8 Å². The summed E-state index contributed by atoms with van der Waals surface area (Å²) in [6, 6.07) is -0.337. The molecular weight excluding hydrogens is 260 g/mol. The lowest BCUT2D eigenvalue weighted by Crippen LogP contribution is -2.50. The average molecular weight is 286 g/mol. The molecule has 3 unspecified atom stereocenters. The molecule has 0 saturated heterocycles. The number of rotatable bonds is 6. The fraction of sp³-hybridized carbons (Fsp3) is 0.857. The number of carboxylic acids is 1. The van der Waals surface area contributed by atoms with Gasteiger partial charge in [0.15, 0.2) is 0 Å². The SMILES string of the molecule is COCC(NC(=O)NC1CCCC(C(=O)O)C1)C(C)C. The molecule has 0 heterocycles. The van der Waals surface area contributed by atoms with Gasteiger partial charge in [0, 0.05) is 13.2 Å². The van der Waals surface area contributed by atoms with E-state index in [1.54, 1.807) is 7.11 Å². The first-order valence-corrected chi connectivity index (χ1v) is 7.22. The molecule has 3 atom stereocenters. The number of hydrogen-bond donors (Lipinski definition) is 3. The van der Waals surface area contributed by atoms with Crippen LogP contribution in [0.1, 0.15) is 39.5 Å². The number of carbonyl (C=O) groups excluding carboxylic acids is 1. The van der Waals surface area contributed by atoms with Crippen molar-refractivity contribution in [3.05, 3.63) is 0 Å². The second-order valence-corrected chi connectivity index (χ2v) is 5.82. The normalized spacial score (nSPS) is 24.2. The third-order valence-electron chi connectivity index (χ3n) is 3.83. The number of carbonyl (C=O) groups is 2. The van der Waals surface area contributed by atoms with E-state index in [1.165, 1.54) is 0 Å². The molecule has 0 aliphatic heterocycles. The molecule has 3 N–H and O–H groups in total. The highest BCUT2D eigenvalue weighted by Crippen LogP contribution is 2.24. The number of nitrogens with one attached hydrogen (secondary N) is 2. The van der Waals surface area contributed by atoms with Crippen molar-refractivity contribution in [1.82, 2.24) is 10.6 Å². The summed E-state index contributed by atoms with van der Waals surface area (Å²) in [6.07, 6.45) is 2.90. The van der Waals surface area contributed by atoms with Crippen molar-refractivity contribution in [2.75, 3.05) is 13.7 Å². The molecule has 0 aromatic carbocycles. The minimum atomic E-state index is -0.767. The first-order valence-electron chi connectivity index (χ1n) is 7.22. The number of methoxy groups -OCH3 is 1. The van der Waals surface area contributed by atoms with Crippen molar-refractivity contribution in [3.63, 3.8) is 0 Å². The molecule has 1 saturated carbocycles. The summed E-state index contributed by atoms with van der Waals surface area (Å²) < 4.78 is 5.08. The van der Waals surface area contributed by atoms with Crippen LogP contribution < -0.4 is 10.6 Å². The summed E-state index contributed by atoms with van der Waals surface area (Å²) in [6.45, 7) is 4.50. The lowest BCUT2D eigenvalue weighted by molar-refractivity contribution is -0.143. The monoisotopic (exact) mass is 286 g/mol. The van der Waals surface area contributed by atoms with Gasteiger partial charge in [0.2, 0.25) is 0 Å². The Morgan fingerprint density at radius 1 is 1.35 bits per heavy atom. The van der Waals surface area contributed by atoms with E-state index < -0.39 is 5.97 Å². The van der Waals surface area contributed by atoms with Crippen molar-refractivity contribution < 1.29 is 19.4 Å². The zero-order valence-corrected chi connectivity index (χ0v) is 12.5. The Morgan fingerprint density at radius 3 is 2.60 bits per heavy atom. The van der Waals surface area contributed by atoms with Crippen molar-refractivity contribution in [2.45, 2.75) is 51.6 Å². The van der Waals surface area contributed by atoms with Crippen LogP contribution in [0, 0.1) is 11.8 Å². The van der Waals surface area contributed by atoms with Crippen LogP contribution in [-0.2, 0) is 9.53 Å². The van der Waals surface area contributed by atoms with Crippen LogP contribution in [0.4, 0.5) is 4.79 Å². The lowest BCUT2D eigenvalue weighted by Gasteiger charge is -2.29. The number of carboxylic acid groups (broad SMARTS) is 1. The Bertz CT molecular complexity index is 333. The van der Waals surface area contributed by atoms with Crippen molar-refractivity contribution in [2.24, 2.45) is 11.8 Å². The molecule has 6 heteroatoms. The molecule has 6 nitrogen and oxygen atoms in total. The van der Waals surface area contributed by atoms with Crippen molar-refractivity contribution >= 4 is 12.0 Å². The summed E-state index contributed by atoms with van der Waals surface area (Å²) in [5, 5.41) is 14.8. The largest absolute Gasteiger partial charge is 0.481 e. The molecule has 1 aliphatic carbocycles. The van der Waals surface area contributed by atoms with Crippen LogP contribution in [0.5, 0.6) is 0 Å². The van der Waals surface area contributed by atoms with Gasteiger partial charge in [-0.2, -0.15) is 0 Å². The molecule has 0 spiro atoms. The van der Waals surface area contributed by atoms with Crippen LogP contribution >= 0.6 is 0 Å². The molecule has 0 bridgehead atoms. The van der Waals surface area contributed by atoms with E-state index in [4.69, 9.17) is 9.84 Å². The predicted octanol–water partition coefficient (Wildman–Crippen LogP) is 1.60.